The topological polar surface area (TPSA) is 76.7 Å². The van der Waals surface area contributed by atoms with Crippen LogP contribution in [0.4, 0.5) is 13.2 Å². The number of aryl methyl sites for hydroxylation is 1. The first-order valence-corrected chi connectivity index (χ1v) is 12.0. The van der Waals surface area contributed by atoms with Crippen LogP contribution in [0.25, 0.3) is 0 Å². The maximum absolute atomic E-state index is 13.4. The summed E-state index contributed by atoms with van der Waals surface area (Å²) in [6.45, 7) is 6.77. The Kier molecular flexibility index (Phi) is 8.50. The van der Waals surface area contributed by atoms with E-state index < -0.39 is 17.6 Å². The van der Waals surface area contributed by atoms with Crippen LogP contribution in [0.15, 0.2) is 53.8 Å². The number of alkyl halides is 3. The molecule has 0 radical (unpaired) electrons. The molecule has 35 heavy (non-hydrogen) atoms. The zero-order valence-electron chi connectivity index (χ0n) is 19.8. The molecule has 1 amide bonds. The van der Waals surface area contributed by atoms with Crippen LogP contribution in [0, 0.1) is 0 Å². The number of thiazole rings is 1. The molecule has 3 rings (SSSR count). The van der Waals surface area contributed by atoms with E-state index in [1.807, 2.05) is 31.5 Å². The standard InChI is InChI=1S/C25H28F3N3O3S/c1-24(2,3)20-16-31(13-7-4-8-14-32)23(35-20)30-22(33)18-15-17(25(26,27)28)10-11-19(18)34-21-9-5-6-12-29-21/h5-6,9-12,15-16,32H,4,7-8,13-14H2,1-3H3/b30-23-. The summed E-state index contributed by atoms with van der Waals surface area (Å²) in [5.41, 5.74) is -1.47. The van der Waals surface area contributed by atoms with Crippen molar-refractivity contribution in [1.29, 1.82) is 0 Å². The predicted octanol–water partition coefficient (Wildman–Crippen LogP) is 5.96. The van der Waals surface area contributed by atoms with Crippen molar-refractivity contribution >= 4 is 17.2 Å². The van der Waals surface area contributed by atoms with Crippen LogP contribution in [0.5, 0.6) is 11.6 Å². The number of carbonyl (C=O) groups is 1. The number of unbranched alkanes of at least 4 members (excludes halogenated alkanes) is 2. The fourth-order valence-corrected chi connectivity index (χ4v) is 4.25. The molecule has 0 aliphatic heterocycles. The van der Waals surface area contributed by atoms with Gasteiger partial charge < -0.3 is 14.4 Å². The number of carbonyl (C=O) groups excluding carboxylic acids is 1. The molecule has 0 unspecified atom stereocenters. The lowest BCUT2D eigenvalue weighted by atomic mass is 9.95. The molecular formula is C25H28F3N3O3S. The summed E-state index contributed by atoms with van der Waals surface area (Å²) in [5.74, 6) is -0.757. The van der Waals surface area contributed by atoms with Gasteiger partial charge in [0.15, 0.2) is 4.80 Å². The monoisotopic (exact) mass is 507 g/mol. The van der Waals surface area contributed by atoms with Crippen molar-refractivity contribution in [2.45, 2.75) is 58.2 Å². The molecule has 0 bridgehead atoms. The third-order valence-electron chi connectivity index (χ3n) is 5.10. The SMILES string of the molecule is CC(C)(C)c1cn(CCCCCO)/c(=N/C(=O)c2cc(C(F)(F)F)ccc2Oc2ccccn2)s1. The van der Waals surface area contributed by atoms with Gasteiger partial charge in [0.1, 0.15) is 5.75 Å². The Morgan fingerprint density at radius 2 is 1.91 bits per heavy atom. The second-order valence-corrected chi connectivity index (χ2v) is 10.0. The molecule has 2 heterocycles. The van der Waals surface area contributed by atoms with Crippen molar-refractivity contribution < 1.29 is 27.8 Å². The zero-order valence-corrected chi connectivity index (χ0v) is 20.6. The average Bonchev–Trinajstić information content (AvgIpc) is 3.20. The summed E-state index contributed by atoms with van der Waals surface area (Å²) in [4.78, 5) is 22.8. The summed E-state index contributed by atoms with van der Waals surface area (Å²) in [7, 11) is 0. The lowest BCUT2D eigenvalue weighted by Gasteiger charge is -2.14. The number of aliphatic hydroxyl groups is 1. The summed E-state index contributed by atoms with van der Waals surface area (Å²) < 4.78 is 47.7. The predicted molar refractivity (Wildman–Crippen MR) is 128 cm³/mol. The molecule has 0 atom stereocenters. The Balaban J connectivity index is 2.05. The van der Waals surface area contributed by atoms with Gasteiger partial charge in [0.05, 0.1) is 11.1 Å². The molecule has 2 aromatic heterocycles. The molecule has 0 saturated carbocycles. The zero-order chi connectivity index (χ0) is 25.6. The quantitative estimate of drug-likeness (QED) is 0.382. The van der Waals surface area contributed by atoms with Gasteiger partial charge in [0, 0.05) is 36.5 Å². The number of nitrogens with zero attached hydrogens (tertiary/aromatic N) is 3. The number of pyridine rings is 1. The lowest BCUT2D eigenvalue weighted by molar-refractivity contribution is -0.137. The van der Waals surface area contributed by atoms with Gasteiger partial charge >= 0.3 is 6.18 Å². The highest BCUT2D eigenvalue weighted by molar-refractivity contribution is 7.09. The molecule has 3 aromatic rings. The molecule has 188 valence electrons. The smallest absolute Gasteiger partial charge is 0.416 e. The Morgan fingerprint density at radius 1 is 1.14 bits per heavy atom. The Morgan fingerprint density at radius 3 is 2.54 bits per heavy atom. The van der Waals surface area contributed by atoms with Crippen LogP contribution in [0.3, 0.4) is 0 Å². The number of rotatable bonds is 8. The molecule has 0 spiro atoms. The summed E-state index contributed by atoms with van der Waals surface area (Å²) in [6.07, 6.45) is 0.999. The van der Waals surface area contributed by atoms with Crippen molar-refractivity contribution in [3.63, 3.8) is 0 Å². The molecule has 1 aromatic carbocycles. The lowest BCUT2D eigenvalue weighted by Crippen LogP contribution is -2.17. The fourth-order valence-electron chi connectivity index (χ4n) is 3.17. The van der Waals surface area contributed by atoms with E-state index in [1.54, 1.807) is 12.1 Å². The van der Waals surface area contributed by atoms with Crippen molar-refractivity contribution in [1.82, 2.24) is 9.55 Å². The van der Waals surface area contributed by atoms with Gasteiger partial charge in [-0.15, -0.1) is 11.3 Å². The van der Waals surface area contributed by atoms with Crippen molar-refractivity contribution in [3.05, 3.63) is 69.6 Å². The van der Waals surface area contributed by atoms with Gasteiger partial charge in [-0.05, 0) is 48.9 Å². The largest absolute Gasteiger partial charge is 0.438 e. The average molecular weight is 508 g/mol. The molecular weight excluding hydrogens is 479 g/mol. The molecule has 0 fully saturated rings. The van der Waals surface area contributed by atoms with E-state index in [4.69, 9.17) is 9.84 Å². The normalized spacial score (nSPS) is 12.7. The van der Waals surface area contributed by atoms with E-state index in [1.165, 1.54) is 23.6 Å². The fraction of sp³-hybridized carbons (Fsp3) is 0.400. The molecule has 6 nitrogen and oxygen atoms in total. The Labute approximate surface area is 205 Å². The van der Waals surface area contributed by atoms with E-state index in [0.717, 1.165) is 35.9 Å². The first kappa shape index (κ1) is 26.6. The minimum atomic E-state index is -4.63. The second-order valence-electron chi connectivity index (χ2n) is 9.00. The number of benzene rings is 1. The number of aliphatic hydroxyl groups excluding tert-OH is 1. The van der Waals surface area contributed by atoms with E-state index in [9.17, 15) is 18.0 Å². The highest BCUT2D eigenvalue weighted by Crippen LogP contribution is 2.34. The summed E-state index contributed by atoms with van der Waals surface area (Å²) >= 11 is 1.32. The van der Waals surface area contributed by atoms with Gasteiger partial charge in [-0.3, -0.25) is 4.79 Å². The minimum absolute atomic E-state index is 0.0625. The van der Waals surface area contributed by atoms with E-state index in [-0.39, 0.29) is 29.2 Å². The van der Waals surface area contributed by atoms with Crippen LogP contribution in [0.2, 0.25) is 0 Å². The molecule has 1 N–H and O–H groups in total. The first-order chi connectivity index (χ1) is 16.5. The summed E-state index contributed by atoms with van der Waals surface area (Å²) in [6, 6.07) is 7.60. The maximum atomic E-state index is 13.4. The highest BCUT2D eigenvalue weighted by Gasteiger charge is 2.32. The minimum Gasteiger partial charge on any atom is -0.438 e. The van der Waals surface area contributed by atoms with E-state index in [2.05, 4.69) is 9.98 Å². The Hall–Kier alpha value is -2.98. The maximum Gasteiger partial charge on any atom is 0.416 e. The van der Waals surface area contributed by atoms with Crippen LogP contribution in [0.1, 0.15) is 60.8 Å². The number of aromatic nitrogens is 2. The van der Waals surface area contributed by atoms with E-state index >= 15 is 0 Å². The summed E-state index contributed by atoms with van der Waals surface area (Å²) in [5, 5.41) is 9.02. The third-order valence-corrected chi connectivity index (χ3v) is 6.55. The van der Waals surface area contributed by atoms with Crippen LogP contribution >= 0.6 is 11.3 Å². The number of amides is 1. The van der Waals surface area contributed by atoms with Gasteiger partial charge in [-0.1, -0.05) is 26.8 Å². The van der Waals surface area contributed by atoms with Crippen molar-refractivity contribution in [3.8, 4) is 11.6 Å². The first-order valence-electron chi connectivity index (χ1n) is 11.2. The van der Waals surface area contributed by atoms with Crippen molar-refractivity contribution in [2.75, 3.05) is 6.61 Å². The number of hydrogen-bond donors (Lipinski definition) is 1. The van der Waals surface area contributed by atoms with Crippen molar-refractivity contribution in [2.24, 2.45) is 4.99 Å². The second kappa shape index (κ2) is 11.2. The van der Waals surface area contributed by atoms with Crippen LogP contribution < -0.4 is 9.54 Å². The van der Waals surface area contributed by atoms with Crippen LogP contribution in [-0.4, -0.2) is 27.2 Å². The molecule has 10 heteroatoms. The highest BCUT2D eigenvalue weighted by atomic mass is 32.1. The van der Waals surface area contributed by atoms with Gasteiger partial charge in [0.25, 0.3) is 5.91 Å². The van der Waals surface area contributed by atoms with Gasteiger partial charge in [-0.2, -0.15) is 18.2 Å². The van der Waals surface area contributed by atoms with Gasteiger partial charge in [-0.25, -0.2) is 4.98 Å². The molecule has 0 saturated heterocycles. The Bertz CT molecular complexity index is 1210. The van der Waals surface area contributed by atoms with E-state index in [0.29, 0.717) is 17.8 Å². The van der Waals surface area contributed by atoms with Gasteiger partial charge in [0.2, 0.25) is 5.88 Å². The van der Waals surface area contributed by atoms with Crippen LogP contribution in [-0.2, 0) is 18.1 Å². The molecule has 0 aliphatic carbocycles. The number of ether oxygens (including phenoxy) is 1. The molecule has 0 aliphatic rings. The third kappa shape index (κ3) is 7.25. The number of hydrogen-bond acceptors (Lipinski definition) is 5. The number of halogens is 3.